The highest BCUT2D eigenvalue weighted by molar-refractivity contribution is 5.21. The first-order valence-corrected chi connectivity index (χ1v) is 7.61. The molecule has 1 aliphatic carbocycles. The van der Waals surface area contributed by atoms with Gasteiger partial charge in [0, 0.05) is 12.6 Å². The standard InChI is InChI=1S/C17H27NO/c1-13(2)16-7-9-17(10-8-16)18-11-14-3-5-15(12-19)6-4-14/h3-6,13,16-19H,7-12H2,1-2H3. The van der Waals surface area contributed by atoms with E-state index in [1.54, 1.807) is 0 Å². The maximum atomic E-state index is 9.02. The van der Waals surface area contributed by atoms with Crippen LogP contribution in [0.25, 0.3) is 0 Å². The zero-order valence-electron chi connectivity index (χ0n) is 12.2. The van der Waals surface area contributed by atoms with Gasteiger partial charge < -0.3 is 10.4 Å². The Kier molecular flexibility index (Phi) is 5.41. The van der Waals surface area contributed by atoms with Crippen LogP contribution in [0.4, 0.5) is 0 Å². The lowest BCUT2D eigenvalue weighted by Crippen LogP contribution is -2.33. The molecule has 0 aromatic heterocycles. The van der Waals surface area contributed by atoms with Crippen molar-refractivity contribution in [1.82, 2.24) is 5.32 Å². The molecule has 106 valence electrons. The molecule has 1 aliphatic rings. The van der Waals surface area contributed by atoms with Gasteiger partial charge in [-0.05, 0) is 48.6 Å². The number of rotatable bonds is 5. The molecule has 1 aromatic rings. The second-order valence-corrected chi connectivity index (χ2v) is 6.21. The van der Waals surface area contributed by atoms with Crippen LogP contribution in [0.2, 0.25) is 0 Å². The van der Waals surface area contributed by atoms with Crippen molar-refractivity contribution in [2.45, 2.75) is 58.7 Å². The minimum absolute atomic E-state index is 0.132. The molecule has 0 radical (unpaired) electrons. The fourth-order valence-electron chi connectivity index (χ4n) is 3.01. The Morgan fingerprint density at radius 2 is 1.63 bits per heavy atom. The van der Waals surface area contributed by atoms with E-state index in [1.807, 2.05) is 12.1 Å². The topological polar surface area (TPSA) is 32.3 Å². The van der Waals surface area contributed by atoms with Crippen LogP contribution < -0.4 is 5.32 Å². The first kappa shape index (κ1) is 14.5. The summed E-state index contributed by atoms with van der Waals surface area (Å²) in [6, 6.07) is 8.92. The maximum Gasteiger partial charge on any atom is 0.0681 e. The number of hydrogen-bond acceptors (Lipinski definition) is 2. The predicted molar refractivity (Wildman–Crippen MR) is 79.8 cm³/mol. The highest BCUT2D eigenvalue weighted by Gasteiger charge is 2.22. The summed E-state index contributed by atoms with van der Waals surface area (Å²) < 4.78 is 0. The van der Waals surface area contributed by atoms with E-state index >= 15 is 0 Å². The molecule has 0 saturated heterocycles. The molecule has 0 unspecified atom stereocenters. The molecule has 0 aliphatic heterocycles. The van der Waals surface area contributed by atoms with Gasteiger partial charge >= 0.3 is 0 Å². The largest absolute Gasteiger partial charge is 0.392 e. The average Bonchev–Trinajstić information content (AvgIpc) is 2.46. The zero-order valence-corrected chi connectivity index (χ0v) is 12.2. The second kappa shape index (κ2) is 7.06. The highest BCUT2D eigenvalue weighted by Crippen LogP contribution is 2.29. The van der Waals surface area contributed by atoms with E-state index < -0.39 is 0 Å². The van der Waals surface area contributed by atoms with Crippen molar-refractivity contribution in [2.75, 3.05) is 0 Å². The van der Waals surface area contributed by atoms with Crippen LogP contribution in [0.5, 0.6) is 0 Å². The minimum Gasteiger partial charge on any atom is -0.392 e. The summed E-state index contributed by atoms with van der Waals surface area (Å²) in [5.41, 5.74) is 2.30. The maximum absolute atomic E-state index is 9.02. The third-order valence-corrected chi connectivity index (χ3v) is 4.52. The van der Waals surface area contributed by atoms with Crippen molar-refractivity contribution >= 4 is 0 Å². The lowest BCUT2D eigenvalue weighted by atomic mass is 9.80. The first-order valence-electron chi connectivity index (χ1n) is 7.61. The molecule has 1 aromatic carbocycles. The summed E-state index contributed by atoms with van der Waals surface area (Å²) in [4.78, 5) is 0. The fourth-order valence-corrected chi connectivity index (χ4v) is 3.01. The highest BCUT2D eigenvalue weighted by atomic mass is 16.3. The third kappa shape index (κ3) is 4.32. The second-order valence-electron chi connectivity index (χ2n) is 6.21. The van der Waals surface area contributed by atoms with Crippen molar-refractivity contribution in [3.8, 4) is 0 Å². The molecule has 1 saturated carbocycles. The Hall–Kier alpha value is -0.860. The van der Waals surface area contributed by atoms with E-state index in [9.17, 15) is 0 Å². The third-order valence-electron chi connectivity index (χ3n) is 4.52. The molecular weight excluding hydrogens is 234 g/mol. The summed E-state index contributed by atoms with van der Waals surface area (Å²) >= 11 is 0. The summed E-state index contributed by atoms with van der Waals surface area (Å²) in [5, 5.41) is 12.7. The van der Waals surface area contributed by atoms with Crippen molar-refractivity contribution < 1.29 is 5.11 Å². The zero-order chi connectivity index (χ0) is 13.7. The van der Waals surface area contributed by atoms with Gasteiger partial charge in [0.25, 0.3) is 0 Å². The minimum atomic E-state index is 0.132. The van der Waals surface area contributed by atoms with Crippen LogP contribution >= 0.6 is 0 Å². The molecular formula is C17H27NO. The number of hydrogen-bond donors (Lipinski definition) is 2. The van der Waals surface area contributed by atoms with Gasteiger partial charge in [-0.3, -0.25) is 0 Å². The van der Waals surface area contributed by atoms with Gasteiger partial charge in [-0.2, -0.15) is 0 Å². The first-order chi connectivity index (χ1) is 9.19. The smallest absolute Gasteiger partial charge is 0.0681 e. The molecule has 2 N–H and O–H groups in total. The number of aliphatic hydroxyl groups is 1. The van der Waals surface area contributed by atoms with Gasteiger partial charge in [0.15, 0.2) is 0 Å². The van der Waals surface area contributed by atoms with E-state index in [-0.39, 0.29) is 6.61 Å². The van der Waals surface area contributed by atoms with Crippen LogP contribution in [-0.2, 0) is 13.2 Å². The van der Waals surface area contributed by atoms with Crippen LogP contribution in [-0.4, -0.2) is 11.1 Å². The normalized spacial score (nSPS) is 23.8. The number of aliphatic hydroxyl groups excluding tert-OH is 1. The molecule has 0 bridgehead atoms. The average molecular weight is 261 g/mol. The predicted octanol–water partition coefficient (Wildman–Crippen LogP) is 3.48. The van der Waals surface area contributed by atoms with E-state index in [4.69, 9.17) is 5.11 Å². The van der Waals surface area contributed by atoms with E-state index in [0.717, 1.165) is 23.9 Å². The lowest BCUT2D eigenvalue weighted by Gasteiger charge is -2.31. The van der Waals surface area contributed by atoms with Crippen LogP contribution in [0.3, 0.4) is 0 Å². The SMILES string of the molecule is CC(C)C1CCC(NCc2ccc(CO)cc2)CC1. The van der Waals surface area contributed by atoms with E-state index in [1.165, 1.54) is 31.2 Å². The Morgan fingerprint density at radius 1 is 1.05 bits per heavy atom. The lowest BCUT2D eigenvalue weighted by molar-refractivity contribution is 0.238. The molecule has 0 atom stereocenters. The molecule has 0 heterocycles. The van der Waals surface area contributed by atoms with Crippen LogP contribution in [0, 0.1) is 11.8 Å². The molecule has 2 nitrogen and oxygen atoms in total. The number of nitrogens with one attached hydrogen (secondary N) is 1. The Bertz CT molecular complexity index is 363. The van der Waals surface area contributed by atoms with Crippen molar-refractivity contribution in [3.05, 3.63) is 35.4 Å². The van der Waals surface area contributed by atoms with Gasteiger partial charge in [0.1, 0.15) is 0 Å². The Balaban J connectivity index is 1.74. The molecule has 19 heavy (non-hydrogen) atoms. The Labute approximate surface area is 117 Å². The van der Waals surface area contributed by atoms with E-state index in [0.29, 0.717) is 6.04 Å². The van der Waals surface area contributed by atoms with Crippen LogP contribution in [0.15, 0.2) is 24.3 Å². The molecule has 2 rings (SSSR count). The van der Waals surface area contributed by atoms with Crippen molar-refractivity contribution in [3.63, 3.8) is 0 Å². The monoisotopic (exact) mass is 261 g/mol. The molecule has 0 spiro atoms. The summed E-state index contributed by atoms with van der Waals surface area (Å²) in [5.74, 6) is 1.77. The fraction of sp³-hybridized carbons (Fsp3) is 0.647. The van der Waals surface area contributed by atoms with Gasteiger partial charge in [-0.25, -0.2) is 0 Å². The molecule has 1 fully saturated rings. The van der Waals surface area contributed by atoms with Crippen LogP contribution in [0.1, 0.15) is 50.7 Å². The quantitative estimate of drug-likeness (QED) is 0.850. The number of benzene rings is 1. The molecule has 2 heteroatoms. The van der Waals surface area contributed by atoms with Gasteiger partial charge in [0.2, 0.25) is 0 Å². The Morgan fingerprint density at radius 3 is 2.16 bits per heavy atom. The summed E-state index contributed by atoms with van der Waals surface area (Å²) in [7, 11) is 0. The van der Waals surface area contributed by atoms with E-state index in [2.05, 4.69) is 31.3 Å². The summed E-state index contributed by atoms with van der Waals surface area (Å²) in [6.45, 7) is 5.78. The van der Waals surface area contributed by atoms with Gasteiger partial charge in [0.05, 0.1) is 6.61 Å². The van der Waals surface area contributed by atoms with Crippen molar-refractivity contribution in [2.24, 2.45) is 11.8 Å². The molecule has 0 amide bonds. The van der Waals surface area contributed by atoms with Crippen molar-refractivity contribution in [1.29, 1.82) is 0 Å². The van der Waals surface area contributed by atoms with Gasteiger partial charge in [-0.15, -0.1) is 0 Å². The van der Waals surface area contributed by atoms with Gasteiger partial charge in [-0.1, -0.05) is 38.1 Å². The summed E-state index contributed by atoms with van der Waals surface area (Å²) in [6.07, 6.45) is 5.38.